The van der Waals surface area contributed by atoms with Gasteiger partial charge in [0.25, 0.3) is 5.91 Å². The Morgan fingerprint density at radius 1 is 1.35 bits per heavy atom. The smallest absolute Gasteiger partial charge is 0.255 e. The van der Waals surface area contributed by atoms with Crippen molar-refractivity contribution in [2.75, 3.05) is 20.3 Å². The minimum Gasteiger partial charge on any atom is -0.384 e. The molecule has 1 aliphatic carbocycles. The highest BCUT2D eigenvalue weighted by Gasteiger charge is 2.54. The Hall–Kier alpha value is -2.31. The van der Waals surface area contributed by atoms with E-state index in [2.05, 4.69) is 15.3 Å². The number of carbonyl (C=O) groups excluding carboxylic acids is 1. The van der Waals surface area contributed by atoms with E-state index in [1.54, 1.807) is 13.3 Å². The van der Waals surface area contributed by atoms with Crippen LogP contribution in [0.3, 0.4) is 0 Å². The van der Waals surface area contributed by atoms with Gasteiger partial charge in [-0.15, -0.1) is 0 Å². The Labute approximate surface area is 153 Å². The molecule has 2 heterocycles. The minimum atomic E-state index is -0.139. The first-order valence-electron chi connectivity index (χ1n) is 8.99. The molecule has 0 radical (unpaired) electrons. The van der Waals surface area contributed by atoms with Gasteiger partial charge in [-0.2, -0.15) is 0 Å². The number of fused-ring (bicyclic) bond motifs is 1. The van der Waals surface area contributed by atoms with Crippen LogP contribution in [0.2, 0.25) is 0 Å². The second-order valence-corrected chi connectivity index (χ2v) is 6.95. The molecule has 0 spiro atoms. The van der Waals surface area contributed by atoms with Crippen LogP contribution in [0.15, 0.2) is 36.5 Å². The number of hydrogen-bond donors (Lipinski definition) is 1. The molecule has 1 aromatic heterocycles. The first kappa shape index (κ1) is 17.1. The van der Waals surface area contributed by atoms with E-state index in [4.69, 9.17) is 9.47 Å². The van der Waals surface area contributed by atoms with Gasteiger partial charge in [-0.05, 0) is 13.3 Å². The molecule has 2 fully saturated rings. The lowest BCUT2D eigenvalue weighted by Crippen LogP contribution is -2.62. The highest BCUT2D eigenvalue weighted by molar-refractivity contribution is 5.99. The molecule has 1 aromatic carbocycles. The predicted octanol–water partition coefficient (Wildman–Crippen LogP) is 2.23. The average molecular weight is 353 g/mol. The van der Waals surface area contributed by atoms with Crippen molar-refractivity contribution in [1.29, 1.82) is 0 Å². The summed E-state index contributed by atoms with van der Waals surface area (Å²) in [6, 6.07) is 9.80. The molecule has 0 unspecified atom stereocenters. The van der Waals surface area contributed by atoms with Crippen molar-refractivity contribution in [3.63, 3.8) is 0 Å². The van der Waals surface area contributed by atoms with Gasteiger partial charge in [0.15, 0.2) is 0 Å². The Bertz CT molecular complexity index is 796. The molecule has 136 valence electrons. The summed E-state index contributed by atoms with van der Waals surface area (Å²) >= 11 is 0. The van der Waals surface area contributed by atoms with Crippen LogP contribution in [0.25, 0.3) is 11.3 Å². The Balaban J connectivity index is 1.59. The molecule has 1 N–H and O–H groups in total. The normalized spacial score (nSPS) is 26.8. The third-order valence-corrected chi connectivity index (χ3v) is 5.39. The van der Waals surface area contributed by atoms with Crippen molar-refractivity contribution in [1.82, 2.24) is 15.3 Å². The van der Waals surface area contributed by atoms with Gasteiger partial charge in [-0.1, -0.05) is 30.3 Å². The summed E-state index contributed by atoms with van der Waals surface area (Å²) in [5.74, 6) is 1.07. The molecule has 2 aliphatic rings. The van der Waals surface area contributed by atoms with E-state index in [1.807, 2.05) is 37.3 Å². The molecule has 2 aromatic rings. The lowest BCUT2D eigenvalue weighted by atomic mass is 9.67. The number of amides is 1. The van der Waals surface area contributed by atoms with Crippen LogP contribution in [-0.2, 0) is 9.47 Å². The molecule has 1 aliphatic heterocycles. The van der Waals surface area contributed by atoms with Gasteiger partial charge >= 0.3 is 0 Å². The van der Waals surface area contributed by atoms with Crippen molar-refractivity contribution in [3.8, 4) is 11.3 Å². The first-order chi connectivity index (χ1) is 12.7. The molecule has 26 heavy (non-hydrogen) atoms. The van der Waals surface area contributed by atoms with Gasteiger partial charge in [0.2, 0.25) is 0 Å². The summed E-state index contributed by atoms with van der Waals surface area (Å²) < 4.78 is 11.1. The molecule has 6 heteroatoms. The van der Waals surface area contributed by atoms with Crippen LogP contribution in [0, 0.1) is 18.8 Å². The fourth-order valence-electron chi connectivity index (χ4n) is 4.12. The van der Waals surface area contributed by atoms with Crippen LogP contribution in [-0.4, -0.2) is 48.3 Å². The first-order valence-corrected chi connectivity index (χ1v) is 8.99. The van der Waals surface area contributed by atoms with Crippen molar-refractivity contribution in [2.45, 2.75) is 25.5 Å². The number of hydrogen-bond acceptors (Lipinski definition) is 5. The summed E-state index contributed by atoms with van der Waals surface area (Å²) in [6.07, 6.45) is 2.79. The number of carbonyl (C=O) groups is 1. The molecular weight excluding hydrogens is 330 g/mol. The van der Waals surface area contributed by atoms with E-state index in [-0.39, 0.29) is 24.0 Å². The quantitative estimate of drug-likeness (QED) is 0.892. The largest absolute Gasteiger partial charge is 0.384 e. The maximum atomic E-state index is 13.0. The van der Waals surface area contributed by atoms with Crippen LogP contribution >= 0.6 is 0 Å². The van der Waals surface area contributed by atoms with Gasteiger partial charge in [0.05, 0.1) is 24.0 Å². The van der Waals surface area contributed by atoms with Crippen LogP contribution in [0.4, 0.5) is 0 Å². The van der Waals surface area contributed by atoms with Gasteiger partial charge < -0.3 is 14.8 Å². The van der Waals surface area contributed by atoms with Crippen molar-refractivity contribution < 1.29 is 14.3 Å². The standard InChI is InChI=1S/C20H23N3O3/c1-12-21-10-15(17(22-12)13-6-4-3-5-7-13)20(24)23-18-14-8-9-26-19(14)16(18)11-25-2/h3-7,10,14,16,18-19H,8-9,11H2,1-2H3,(H,23,24)/t14-,16+,18-,19-/m0/s1. The number of aromatic nitrogens is 2. The Morgan fingerprint density at radius 3 is 2.92 bits per heavy atom. The molecule has 4 rings (SSSR count). The van der Waals surface area contributed by atoms with Crippen molar-refractivity contribution in [2.24, 2.45) is 11.8 Å². The fraction of sp³-hybridized carbons (Fsp3) is 0.450. The molecule has 1 amide bonds. The van der Waals surface area contributed by atoms with Crippen LogP contribution < -0.4 is 5.32 Å². The third kappa shape index (κ3) is 2.99. The molecule has 1 saturated carbocycles. The van der Waals surface area contributed by atoms with Gasteiger partial charge in [0.1, 0.15) is 5.82 Å². The highest BCUT2D eigenvalue weighted by Crippen LogP contribution is 2.44. The zero-order valence-electron chi connectivity index (χ0n) is 15.0. The minimum absolute atomic E-state index is 0.0693. The molecule has 0 bridgehead atoms. The van der Waals surface area contributed by atoms with Crippen molar-refractivity contribution in [3.05, 3.63) is 47.9 Å². The zero-order chi connectivity index (χ0) is 18.1. The van der Waals surface area contributed by atoms with Gasteiger partial charge in [-0.25, -0.2) is 9.97 Å². The summed E-state index contributed by atoms with van der Waals surface area (Å²) in [5.41, 5.74) is 2.07. The number of rotatable bonds is 5. The van der Waals surface area contributed by atoms with Crippen LogP contribution in [0.5, 0.6) is 0 Å². The van der Waals surface area contributed by atoms with Gasteiger partial charge in [0, 0.05) is 43.4 Å². The predicted molar refractivity (Wildman–Crippen MR) is 96.7 cm³/mol. The lowest BCUT2D eigenvalue weighted by molar-refractivity contribution is -0.0809. The van der Waals surface area contributed by atoms with E-state index < -0.39 is 0 Å². The third-order valence-electron chi connectivity index (χ3n) is 5.39. The number of ether oxygens (including phenoxy) is 2. The average Bonchev–Trinajstić information content (AvgIpc) is 3.09. The topological polar surface area (TPSA) is 73.3 Å². The Morgan fingerprint density at radius 2 is 2.15 bits per heavy atom. The summed E-state index contributed by atoms with van der Waals surface area (Å²) in [7, 11) is 1.68. The maximum absolute atomic E-state index is 13.0. The molecular formula is C20H23N3O3. The maximum Gasteiger partial charge on any atom is 0.255 e. The molecule has 6 nitrogen and oxygen atoms in total. The summed E-state index contributed by atoms with van der Waals surface area (Å²) in [5, 5.41) is 3.19. The number of nitrogens with zero attached hydrogens (tertiary/aromatic N) is 2. The monoisotopic (exact) mass is 353 g/mol. The zero-order valence-corrected chi connectivity index (χ0v) is 15.0. The Kier molecular flexibility index (Phi) is 4.70. The molecule has 1 saturated heterocycles. The number of benzene rings is 1. The van der Waals surface area contributed by atoms with E-state index >= 15 is 0 Å². The molecule has 4 atom stereocenters. The second kappa shape index (κ2) is 7.13. The van der Waals surface area contributed by atoms with Gasteiger partial charge in [-0.3, -0.25) is 4.79 Å². The fourth-order valence-corrected chi connectivity index (χ4v) is 4.12. The SMILES string of the molecule is COC[C@@H]1[C@@H](NC(=O)c2cnc(C)nc2-c2ccccc2)[C@@H]2CCO[C@H]12. The summed E-state index contributed by atoms with van der Waals surface area (Å²) in [4.78, 5) is 21.8. The van der Waals surface area contributed by atoms with Crippen molar-refractivity contribution >= 4 is 5.91 Å². The number of aryl methyl sites for hydroxylation is 1. The summed E-state index contributed by atoms with van der Waals surface area (Å²) in [6.45, 7) is 3.17. The van der Waals surface area contributed by atoms with E-state index in [0.29, 0.717) is 29.6 Å². The van der Waals surface area contributed by atoms with E-state index in [1.165, 1.54) is 0 Å². The second-order valence-electron chi connectivity index (χ2n) is 6.95. The lowest BCUT2D eigenvalue weighted by Gasteiger charge is -2.47. The van der Waals surface area contributed by atoms with E-state index in [9.17, 15) is 4.79 Å². The highest BCUT2D eigenvalue weighted by atomic mass is 16.5. The number of nitrogens with one attached hydrogen (secondary N) is 1. The number of methoxy groups -OCH3 is 1. The van der Waals surface area contributed by atoms with E-state index in [0.717, 1.165) is 18.6 Å². The van der Waals surface area contributed by atoms with Crippen LogP contribution in [0.1, 0.15) is 22.6 Å².